The van der Waals surface area contributed by atoms with Gasteiger partial charge in [-0.25, -0.2) is 4.98 Å². The number of thiazole rings is 1. The van der Waals surface area contributed by atoms with Crippen molar-refractivity contribution in [3.05, 3.63) is 16.1 Å². The molecule has 0 N–H and O–H groups in total. The summed E-state index contributed by atoms with van der Waals surface area (Å²) in [6, 6.07) is 0. The Morgan fingerprint density at radius 1 is 1.50 bits per heavy atom. The highest BCUT2D eigenvalue weighted by atomic mass is 32.1. The highest BCUT2D eigenvalue weighted by Gasteiger charge is 2.02. The van der Waals surface area contributed by atoms with Crippen molar-refractivity contribution >= 4 is 11.3 Å². The average Bonchev–Trinajstić information content (AvgIpc) is 2.36. The summed E-state index contributed by atoms with van der Waals surface area (Å²) >= 11 is 1.81. The SMILES string of the molecule is CCCc1csc(CC(C)C)n1. The van der Waals surface area contributed by atoms with Crippen LogP contribution in [0, 0.1) is 5.92 Å². The molecule has 0 amide bonds. The van der Waals surface area contributed by atoms with Gasteiger partial charge in [-0.1, -0.05) is 27.2 Å². The first-order chi connectivity index (χ1) is 5.72. The number of aromatic nitrogens is 1. The highest BCUT2D eigenvalue weighted by Crippen LogP contribution is 2.14. The molecule has 0 atom stereocenters. The van der Waals surface area contributed by atoms with Crippen LogP contribution in [0.5, 0.6) is 0 Å². The Bertz CT molecular complexity index is 227. The summed E-state index contributed by atoms with van der Waals surface area (Å²) in [6.07, 6.45) is 3.47. The fourth-order valence-electron chi connectivity index (χ4n) is 1.16. The van der Waals surface area contributed by atoms with E-state index >= 15 is 0 Å². The van der Waals surface area contributed by atoms with Crippen LogP contribution in [0.25, 0.3) is 0 Å². The van der Waals surface area contributed by atoms with E-state index in [2.05, 4.69) is 31.1 Å². The molecule has 0 fully saturated rings. The molecule has 0 aliphatic carbocycles. The molecule has 0 aliphatic rings. The zero-order valence-electron chi connectivity index (χ0n) is 8.13. The first-order valence-electron chi connectivity index (χ1n) is 4.65. The first kappa shape index (κ1) is 9.72. The highest BCUT2D eigenvalue weighted by molar-refractivity contribution is 7.09. The van der Waals surface area contributed by atoms with Crippen molar-refractivity contribution in [1.29, 1.82) is 0 Å². The van der Waals surface area contributed by atoms with Gasteiger partial charge in [0.2, 0.25) is 0 Å². The molecule has 0 spiro atoms. The Balaban J connectivity index is 2.52. The van der Waals surface area contributed by atoms with Gasteiger partial charge in [0, 0.05) is 11.8 Å². The van der Waals surface area contributed by atoms with Gasteiger partial charge in [-0.05, 0) is 12.3 Å². The molecular weight excluding hydrogens is 166 g/mol. The Morgan fingerprint density at radius 2 is 2.25 bits per heavy atom. The minimum atomic E-state index is 0.727. The molecule has 1 aromatic heterocycles. The van der Waals surface area contributed by atoms with Gasteiger partial charge in [0.15, 0.2) is 0 Å². The van der Waals surface area contributed by atoms with Crippen LogP contribution >= 0.6 is 11.3 Å². The minimum Gasteiger partial charge on any atom is -0.246 e. The summed E-state index contributed by atoms with van der Waals surface area (Å²) in [5.74, 6) is 0.727. The van der Waals surface area contributed by atoms with Crippen molar-refractivity contribution < 1.29 is 0 Å². The van der Waals surface area contributed by atoms with Gasteiger partial charge >= 0.3 is 0 Å². The molecule has 0 unspecified atom stereocenters. The van der Waals surface area contributed by atoms with Crippen LogP contribution in [0.4, 0.5) is 0 Å². The van der Waals surface area contributed by atoms with Gasteiger partial charge in [-0.2, -0.15) is 0 Å². The number of hydrogen-bond acceptors (Lipinski definition) is 2. The monoisotopic (exact) mass is 183 g/mol. The van der Waals surface area contributed by atoms with E-state index in [0.29, 0.717) is 0 Å². The van der Waals surface area contributed by atoms with E-state index in [1.165, 1.54) is 17.1 Å². The fraction of sp³-hybridized carbons (Fsp3) is 0.700. The quantitative estimate of drug-likeness (QED) is 0.698. The molecule has 1 rings (SSSR count). The van der Waals surface area contributed by atoms with Crippen LogP contribution in [0.2, 0.25) is 0 Å². The predicted molar refractivity (Wildman–Crippen MR) is 54.7 cm³/mol. The second-order valence-corrected chi connectivity index (χ2v) is 4.52. The van der Waals surface area contributed by atoms with Gasteiger partial charge in [-0.15, -0.1) is 11.3 Å². The third kappa shape index (κ3) is 2.94. The molecule has 1 nitrogen and oxygen atoms in total. The topological polar surface area (TPSA) is 12.9 Å². The van der Waals surface area contributed by atoms with Gasteiger partial charge in [0.05, 0.1) is 10.7 Å². The van der Waals surface area contributed by atoms with Crippen LogP contribution in [0.15, 0.2) is 5.38 Å². The zero-order valence-corrected chi connectivity index (χ0v) is 8.95. The number of rotatable bonds is 4. The summed E-state index contributed by atoms with van der Waals surface area (Å²) in [4.78, 5) is 4.56. The molecule has 0 aromatic carbocycles. The lowest BCUT2D eigenvalue weighted by Gasteiger charge is -1.98. The minimum absolute atomic E-state index is 0.727. The maximum Gasteiger partial charge on any atom is 0.0930 e. The van der Waals surface area contributed by atoms with Crippen molar-refractivity contribution in [3.8, 4) is 0 Å². The van der Waals surface area contributed by atoms with Crippen molar-refractivity contribution in [2.24, 2.45) is 5.92 Å². The lowest BCUT2D eigenvalue weighted by atomic mass is 10.1. The molecule has 68 valence electrons. The second kappa shape index (κ2) is 4.61. The summed E-state index contributed by atoms with van der Waals surface area (Å²) in [5, 5.41) is 3.50. The smallest absolute Gasteiger partial charge is 0.0930 e. The molecule has 12 heavy (non-hydrogen) atoms. The maximum absolute atomic E-state index is 4.56. The zero-order chi connectivity index (χ0) is 8.97. The summed E-state index contributed by atoms with van der Waals surface area (Å²) < 4.78 is 0. The Kier molecular flexibility index (Phi) is 3.73. The predicted octanol–water partition coefficient (Wildman–Crippen LogP) is 3.29. The van der Waals surface area contributed by atoms with Crippen LogP contribution < -0.4 is 0 Å². The lowest BCUT2D eigenvalue weighted by molar-refractivity contribution is 0.642. The Hall–Kier alpha value is -0.370. The number of nitrogens with zero attached hydrogens (tertiary/aromatic N) is 1. The first-order valence-corrected chi connectivity index (χ1v) is 5.53. The number of aryl methyl sites for hydroxylation is 1. The molecule has 0 radical (unpaired) electrons. The van der Waals surface area contributed by atoms with Gasteiger partial charge in [-0.3, -0.25) is 0 Å². The third-order valence-electron chi connectivity index (χ3n) is 1.69. The molecular formula is C10H17NS. The standard InChI is InChI=1S/C10H17NS/c1-4-5-9-7-12-10(11-9)6-8(2)3/h7-8H,4-6H2,1-3H3. The van der Waals surface area contributed by atoms with Gasteiger partial charge in [0.1, 0.15) is 0 Å². The molecule has 0 saturated carbocycles. The summed E-state index contributed by atoms with van der Waals surface area (Å²) in [7, 11) is 0. The van der Waals surface area contributed by atoms with Crippen molar-refractivity contribution in [2.75, 3.05) is 0 Å². The summed E-state index contributed by atoms with van der Waals surface area (Å²) in [6.45, 7) is 6.67. The Labute approximate surface area is 78.8 Å². The molecule has 0 saturated heterocycles. The molecule has 1 aromatic rings. The van der Waals surface area contributed by atoms with Crippen molar-refractivity contribution in [2.45, 2.75) is 40.0 Å². The maximum atomic E-state index is 4.56. The van der Waals surface area contributed by atoms with E-state index in [9.17, 15) is 0 Å². The lowest BCUT2D eigenvalue weighted by Crippen LogP contribution is -1.93. The molecule has 0 aliphatic heterocycles. The summed E-state index contributed by atoms with van der Waals surface area (Å²) in [5.41, 5.74) is 1.28. The van der Waals surface area contributed by atoms with E-state index < -0.39 is 0 Å². The normalized spacial score (nSPS) is 11.0. The molecule has 0 bridgehead atoms. The largest absolute Gasteiger partial charge is 0.246 e. The second-order valence-electron chi connectivity index (χ2n) is 3.58. The third-order valence-corrected chi connectivity index (χ3v) is 2.61. The van der Waals surface area contributed by atoms with E-state index in [0.717, 1.165) is 18.8 Å². The fourth-order valence-corrected chi connectivity index (χ4v) is 2.21. The Morgan fingerprint density at radius 3 is 2.83 bits per heavy atom. The van der Waals surface area contributed by atoms with E-state index in [-0.39, 0.29) is 0 Å². The molecule has 2 heteroatoms. The van der Waals surface area contributed by atoms with Gasteiger partial charge < -0.3 is 0 Å². The van der Waals surface area contributed by atoms with Crippen molar-refractivity contribution in [1.82, 2.24) is 4.98 Å². The van der Waals surface area contributed by atoms with E-state index in [1.807, 2.05) is 0 Å². The van der Waals surface area contributed by atoms with Gasteiger partial charge in [0.25, 0.3) is 0 Å². The van der Waals surface area contributed by atoms with E-state index in [4.69, 9.17) is 0 Å². The average molecular weight is 183 g/mol. The van der Waals surface area contributed by atoms with Crippen LogP contribution in [0.1, 0.15) is 37.9 Å². The van der Waals surface area contributed by atoms with Crippen LogP contribution in [0.3, 0.4) is 0 Å². The number of hydrogen-bond donors (Lipinski definition) is 0. The molecule has 1 heterocycles. The van der Waals surface area contributed by atoms with Crippen LogP contribution in [-0.4, -0.2) is 4.98 Å². The van der Waals surface area contributed by atoms with Crippen molar-refractivity contribution in [3.63, 3.8) is 0 Å². The van der Waals surface area contributed by atoms with E-state index in [1.54, 1.807) is 11.3 Å². The van der Waals surface area contributed by atoms with Crippen LogP contribution in [-0.2, 0) is 12.8 Å².